The van der Waals surface area contributed by atoms with Crippen LogP contribution in [0.2, 0.25) is 0 Å². The lowest BCUT2D eigenvalue weighted by molar-refractivity contribution is -0.145. The van der Waals surface area contributed by atoms with Crippen molar-refractivity contribution in [2.24, 2.45) is 5.41 Å². The molecule has 1 amide bonds. The second kappa shape index (κ2) is 6.43. The normalized spacial score (nSPS) is 24.7. The van der Waals surface area contributed by atoms with Gasteiger partial charge in [0.25, 0.3) is 0 Å². The molecule has 3 heterocycles. The first kappa shape index (κ1) is 16.2. The minimum Gasteiger partial charge on any atom is -0.372 e. The largest absolute Gasteiger partial charge is 0.372 e. The van der Waals surface area contributed by atoms with E-state index >= 15 is 0 Å². The van der Waals surface area contributed by atoms with E-state index in [-0.39, 0.29) is 11.5 Å². The molecule has 0 bridgehead atoms. The molecule has 0 aliphatic carbocycles. The Bertz CT molecular complexity index is 568. The first-order valence-electron chi connectivity index (χ1n) is 8.53. The number of carbonyl (C=O) groups is 1. The van der Waals surface area contributed by atoms with Gasteiger partial charge in [-0.25, -0.2) is 4.98 Å². The highest BCUT2D eigenvalue weighted by atomic mass is 16.2. The van der Waals surface area contributed by atoms with E-state index in [0.29, 0.717) is 5.91 Å². The van der Waals surface area contributed by atoms with Crippen molar-refractivity contribution in [2.45, 2.75) is 38.6 Å². The maximum absolute atomic E-state index is 13.2. The Morgan fingerprint density at radius 2 is 2.04 bits per heavy atom. The van der Waals surface area contributed by atoms with Crippen molar-refractivity contribution in [1.82, 2.24) is 19.8 Å². The molecule has 6 heteroatoms. The summed E-state index contributed by atoms with van der Waals surface area (Å²) in [6.07, 6.45) is 7.40. The number of hydrogen-bond donors (Lipinski definition) is 1. The zero-order valence-electron chi connectivity index (χ0n) is 14.4. The molecule has 23 heavy (non-hydrogen) atoms. The molecule has 1 N–H and O–H groups in total. The highest BCUT2D eigenvalue weighted by molar-refractivity contribution is 5.83. The quantitative estimate of drug-likeness (QED) is 0.923. The molecule has 1 aromatic rings. The number of likely N-dealkylation sites (tertiary alicyclic amines) is 2. The van der Waals surface area contributed by atoms with E-state index in [0.717, 1.165) is 56.8 Å². The van der Waals surface area contributed by atoms with Crippen LogP contribution >= 0.6 is 0 Å². The van der Waals surface area contributed by atoms with Crippen LogP contribution in [-0.4, -0.2) is 59.4 Å². The number of carbonyl (C=O) groups excluding carboxylic acids is 1. The standard InChI is InChI=1S/C17H27N5O/c1-17(6-9-21(3)10-7-17)16(23)22-8-4-5-14(22)13-11-19-12-15(18-2)20-13/h11-12,14H,4-10H2,1-3H3,(H,18,20)/t14-/m0/s1. The summed E-state index contributed by atoms with van der Waals surface area (Å²) in [6.45, 7) is 4.96. The summed E-state index contributed by atoms with van der Waals surface area (Å²) in [5, 5.41) is 3.03. The third-order valence-electron chi connectivity index (χ3n) is 5.37. The van der Waals surface area contributed by atoms with Gasteiger partial charge < -0.3 is 15.1 Å². The molecule has 2 aliphatic heterocycles. The van der Waals surface area contributed by atoms with Gasteiger partial charge in [0.2, 0.25) is 5.91 Å². The van der Waals surface area contributed by atoms with Crippen molar-refractivity contribution < 1.29 is 4.79 Å². The molecule has 2 fully saturated rings. The van der Waals surface area contributed by atoms with E-state index in [9.17, 15) is 4.79 Å². The number of anilines is 1. The third-order valence-corrected chi connectivity index (χ3v) is 5.37. The second-order valence-electron chi connectivity index (χ2n) is 7.10. The van der Waals surface area contributed by atoms with Crippen LogP contribution in [0.5, 0.6) is 0 Å². The van der Waals surface area contributed by atoms with Crippen molar-refractivity contribution in [3.05, 3.63) is 18.1 Å². The molecule has 1 aromatic heterocycles. The van der Waals surface area contributed by atoms with Gasteiger partial charge in [0.05, 0.1) is 24.1 Å². The Morgan fingerprint density at radius 1 is 1.30 bits per heavy atom. The predicted octanol–water partition coefficient (Wildman–Crippen LogP) is 1.91. The smallest absolute Gasteiger partial charge is 0.229 e. The Hall–Kier alpha value is -1.69. The van der Waals surface area contributed by atoms with Crippen molar-refractivity contribution in [2.75, 3.05) is 39.0 Å². The van der Waals surface area contributed by atoms with Gasteiger partial charge in [-0.1, -0.05) is 6.92 Å². The SMILES string of the molecule is CNc1cncc([C@@H]2CCCN2C(=O)C2(C)CCN(C)CC2)n1. The first-order valence-corrected chi connectivity index (χ1v) is 8.53. The molecule has 2 saturated heterocycles. The molecule has 0 spiro atoms. The van der Waals surface area contributed by atoms with Crippen LogP contribution in [0.1, 0.15) is 44.3 Å². The number of aromatic nitrogens is 2. The fourth-order valence-electron chi connectivity index (χ4n) is 3.65. The number of piperidine rings is 1. The zero-order valence-corrected chi connectivity index (χ0v) is 14.4. The van der Waals surface area contributed by atoms with Crippen molar-refractivity contribution in [1.29, 1.82) is 0 Å². The Kier molecular flexibility index (Phi) is 4.53. The molecule has 0 aromatic carbocycles. The number of rotatable bonds is 3. The van der Waals surface area contributed by atoms with Crippen LogP contribution in [0, 0.1) is 5.41 Å². The van der Waals surface area contributed by atoms with Gasteiger partial charge in [-0.3, -0.25) is 9.78 Å². The van der Waals surface area contributed by atoms with Crippen LogP contribution in [0.25, 0.3) is 0 Å². The Balaban J connectivity index is 1.79. The molecule has 1 atom stereocenters. The summed E-state index contributed by atoms with van der Waals surface area (Å²) in [4.78, 5) is 26.4. The van der Waals surface area contributed by atoms with Crippen LogP contribution in [0.15, 0.2) is 12.4 Å². The van der Waals surface area contributed by atoms with Crippen molar-refractivity contribution in [3.8, 4) is 0 Å². The predicted molar refractivity (Wildman–Crippen MR) is 90.1 cm³/mol. The van der Waals surface area contributed by atoms with Crippen LogP contribution in [-0.2, 0) is 4.79 Å². The fourth-order valence-corrected chi connectivity index (χ4v) is 3.65. The van der Waals surface area contributed by atoms with Crippen LogP contribution < -0.4 is 5.32 Å². The van der Waals surface area contributed by atoms with Gasteiger partial charge in [-0.05, 0) is 45.8 Å². The maximum atomic E-state index is 13.2. The van der Waals surface area contributed by atoms with E-state index in [2.05, 4.69) is 39.1 Å². The summed E-state index contributed by atoms with van der Waals surface area (Å²) in [6, 6.07) is 0.0692. The molecular weight excluding hydrogens is 290 g/mol. The highest BCUT2D eigenvalue weighted by Gasteiger charge is 2.43. The van der Waals surface area contributed by atoms with Crippen LogP contribution in [0.3, 0.4) is 0 Å². The minimum absolute atomic E-state index is 0.0692. The molecule has 0 radical (unpaired) electrons. The van der Waals surface area contributed by atoms with Gasteiger partial charge in [0.15, 0.2) is 0 Å². The fraction of sp³-hybridized carbons (Fsp3) is 0.706. The van der Waals surface area contributed by atoms with Crippen molar-refractivity contribution in [3.63, 3.8) is 0 Å². The van der Waals surface area contributed by atoms with E-state index in [1.807, 2.05) is 7.05 Å². The number of amides is 1. The van der Waals surface area contributed by atoms with E-state index in [1.54, 1.807) is 12.4 Å². The number of nitrogens with one attached hydrogen (secondary N) is 1. The minimum atomic E-state index is -0.233. The summed E-state index contributed by atoms with van der Waals surface area (Å²) >= 11 is 0. The lowest BCUT2D eigenvalue weighted by atomic mass is 9.79. The van der Waals surface area contributed by atoms with Crippen molar-refractivity contribution >= 4 is 11.7 Å². The Labute approximate surface area is 138 Å². The summed E-state index contributed by atoms with van der Waals surface area (Å²) in [7, 11) is 3.96. The lowest BCUT2D eigenvalue weighted by Crippen LogP contribution is -2.47. The van der Waals surface area contributed by atoms with E-state index in [1.165, 1.54) is 0 Å². The van der Waals surface area contributed by atoms with E-state index in [4.69, 9.17) is 0 Å². The highest BCUT2D eigenvalue weighted by Crippen LogP contribution is 2.39. The summed E-state index contributed by atoms with van der Waals surface area (Å²) in [5.74, 6) is 1.05. The third kappa shape index (κ3) is 3.17. The first-order chi connectivity index (χ1) is 11.0. The number of nitrogens with zero attached hydrogens (tertiary/aromatic N) is 4. The number of hydrogen-bond acceptors (Lipinski definition) is 5. The molecule has 0 unspecified atom stereocenters. The second-order valence-corrected chi connectivity index (χ2v) is 7.10. The lowest BCUT2D eigenvalue weighted by Gasteiger charge is -2.40. The van der Waals surface area contributed by atoms with E-state index < -0.39 is 0 Å². The topological polar surface area (TPSA) is 61.4 Å². The van der Waals surface area contributed by atoms with Gasteiger partial charge in [-0.2, -0.15) is 0 Å². The molecule has 6 nitrogen and oxygen atoms in total. The molecule has 2 aliphatic rings. The average Bonchev–Trinajstić information content (AvgIpc) is 3.06. The van der Waals surface area contributed by atoms with Gasteiger partial charge in [0.1, 0.15) is 5.82 Å². The molecule has 0 saturated carbocycles. The van der Waals surface area contributed by atoms with Gasteiger partial charge in [0, 0.05) is 19.0 Å². The Morgan fingerprint density at radius 3 is 2.74 bits per heavy atom. The van der Waals surface area contributed by atoms with Crippen LogP contribution in [0.4, 0.5) is 5.82 Å². The zero-order chi connectivity index (χ0) is 16.4. The maximum Gasteiger partial charge on any atom is 0.229 e. The van der Waals surface area contributed by atoms with Gasteiger partial charge in [-0.15, -0.1) is 0 Å². The molecule has 3 rings (SSSR count). The summed E-state index contributed by atoms with van der Waals surface area (Å²) in [5.41, 5.74) is 0.669. The summed E-state index contributed by atoms with van der Waals surface area (Å²) < 4.78 is 0. The molecule has 126 valence electrons. The monoisotopic (exact) mass is 317 g/mol. The average molecular weight is 317 g/mol. The molecular formula is C17H27N5O. The van der Waals surface area contributed by atoms with Gasteiger partial charge >= 0.3 is 0 Å².